The number of hydrogen-bond acceptors (Lipinski definition) is 6. The van der Waals surface area contributed by atoms with Gasteiger partial charge in [0, 0.05) is 10.9 Å². The molecular formula is C27H24N2O4S. The van der Waals surface area contributed by atoms with Crippen LogP contribution in [0.1, 0.15) is 11.1 Å². The zero-order valence-electron chi connectivity index (χ0n) is 18.9. The Kier molecular flexibility index (Phi) is 7.34. The minimum atomic E-state index is -0.618. The summed E-state index contributed by atoms with van der Waals surface area (Å²) in [6.45, 7) is 3.23. The van der Waals surface area contributed by atoms with Crippen LogP contribution in [0.4, 0.5) is 5.13 Å². The van der Waals surface area contributed by atoms with Gasteiger partial charge in [-0.2, -0.15) is 0 Å². The van der Waals surface area contributed by atoms with Gasteiger partial charge in [0.15, 0.2) is 18.3 Å². The highest BCUT2D eigenvalue weighted by atomic mass is 32.1. The van der Waals surface area contributed by atoms with Crippen molar-refractivity contribution in [1.29, 1.82) is 0 Å². The van der Waals surface area contributed by atoms with Gasteiger partial charge in [-0.3, -0.25) is 10.1 Å². The number of aryl methyl sites for hydroxylation is 2. The van der Waals surface area contributed by atoms with E-state index in [1.54, 1.807) is 0 Å². The van der Waals surface area contributed by atoms with E-state index in [4.69, 9.17) is 9.47 Å². The second-order valence-corrected chi connectivity index (χ2v) is 8.66. The minimum absolute atomic E-state index is 0.267. The summed E-state index contributed by atoms with van der Waals surface area (Å²) in [5.41, 5.74) is 6.06. The molecule has 0 unspecified atom stereocenters. The van der Waals surface area contributed by atoms with Crippen LogP contribution >= 0.6 is 11.3 Å². The largest absolute Gasteiger partial charge is 0.482 e. The van der Waals surface area contributed by atoms with Gasteiger partial charge in [-0.25, -0.2) is 9.78 Å². The zero-order chi connectivity index (χ0) is 23.9. The molecule has 0 aliphatic carbocycles. The fourth-order valence-electron chi connectivity index (χ4n) is 3.43. The maximum absolute atomic E-state index is 12.2. The van der Waals surface area contributed by atoms with Crippen molar-refractivity contribution in [1.82, 2.24) is 4.98 Å². The Morgan fingerprint density at radius 1 is 0.853 bits per heavy atom. The molecule has 1 heterocycles. The molecule has 1 aromatic heterocycles. The number of amides is 1. The molecule has 0 saturated heterocycles. The summed E-state index contributed by atoms with van der Waals surface area (Å²) in [4.78, 5) is 28.6. The Bertz CT molecular complexity index is 1260. The van der Waals surface area contributed by atoms with Crippen molar-refractivity contribution in [2.24, 2.45) is 0 Å². The van der Waals surface area contributed by atoms with Crippen LogP contribution in [-0.2, 0) is 14.3 Å². The summed E-state index contributed by atoms with van der Waals surface area (Å²) in [7, 11) is 0. The molecule has 6 nitrogen and oxygen atoms in total. The van der Waals surface area contributed by atoms with Gasteiger partial charge in [-0.05, 0) is 48.2 Å². The summed E-state index contributed by atoms with van der Waals surface area (Å²) in [6.07, 6.45) is 0. The highest BCUT2D eigenvalue weighted by Gasteiger charge is 2.12. The lowest BCUT2D eigenvalue weighted by atomic mass is 10.0. The number of ether oxygens (including phenoxy) is 2. The Morgan fingerprint density at radius 2 is 1.50 bits per heavy atom. The lowest BCUT2D eigenvalue weighted by Gasteiger charge is -2.08. The predicted octanol–water partition coefficient (Wildman–Crippen LogP) is 5.65. The fourth-order valence-corrected chi connectivity index (χ4v) is 4.17. The highest BCUT2D eigenvalue weighted by molar-refractivity contribution is 7.14. The Labute approximate surface area is 202 Å². The average Bonchev–Trinajstić information content (AvgIpc) is 3.30. The van der Waals surface area contributed by atoms with Crippen molar-refractivity contribution >= 4 is 28.3 Å². The number of esters is 1. The molecule has 0 fully saturated rings. The van der Waals surface area contributed by atoms with Crippen molar-refractivity contribution < 1.29 is 19.1 Å². The maximum atomic E-state index is 12.2. The van der Waals surface area contributed by atoms with E-state index in [0.29, 0.717) is 10.9 Å². The number of nitrogens with one attached hydrogen (secondary N) is 1. The van der Waals surface area contributed by atoms with E-state index in [2.05, 4.69) is 22.4 Å². The van der Waals surface area contributed by atoms with Crippen molar-refractivity contribution in [3.63, 3.8) is 0 Å². The molecular weight excluding hydrogens is 448 g/mol. The number of nitrogens with zero attached hydrogens (tertiary/aromatic N) is 1. The van der Waals surface area contributed by atoms with E-state index in [0.717, 1.165) is 33.5 Å². The smallest absolute Gasteiger partial charge is 0.344 e. The van der Waals surface area contributed by atoms with Crippen LogP contribution in [0.2, 0.25) is 0 Å². The fraction of sp³-hybridized carbons (Fsp3) is 0.148. The lowest BCUT2D eigenvalue weighted by molar-refractivity contribution is -0.149. The molecule has 0 spiro atoms. The van der Waals surface area contributed by atoms with Crippen LogP contribution in [0.3, 0.4) is 0 Å². The van der Waals surface area contributed by atoms with Gasteiger partial charge >= 0.3 is 5.97 Å². The molecule has 0 atom stereocenters. The molecule has 4 rings (SSSR count). The van der Waals surface area contributed by atoms with Gasteiger partial charge in [0.2, 0.25) is 0 Å². The number of carbonyl (C=O) groups is 2. The Morgan fingerprint density at radius 3 is 2.21 bits per heavy atom. The summed E-state index contributed by atoms with van der Waals surface area (Å²) in [6, 6.07) is 23.9. The molecule has 4 aromatic rings. The van der Waals surface area contributed by atoms with Gasteiger partial charge < -0.3 is 9.47 Å². The zero-order valence-corrected chi connectivity index (χ0v) is 19.7. The third-order valence-corrected chi connectivity index (χ3v) is 5.71. The van der Waals surface area contributed by atoms with E-state index < -0.39 is 18.5 Å². The topological polar surface area (TPSA) is 77.5 Å². The molecule has 1 amide bonds. The first-order valence-electron chi connectivity index (χ1n) is 10.7. The average molecular weight is 473 g/mol. The van der Waals surface area contributed by atoms with E-state index in [-0.39, 0.29) is 6.61 Å². The van der Waals surface area contributed by atoms with Crippen LogP contribution in [0, 0.1) is 13.8 Å². The number of thiazole rings is 1. The molecule has 1 N–H and O–H groups in total. The second kappa shape index (κ2) is 10.8. The van der Waals surface area contributed by atoms with Gasteiger partial charge in [-0.15, -0.1) is 11.3 Å². The first-order valence-corrected chi connectivity index (χ1v) is 11.6. The van der Waals surface area contributed by atoms with E-state index >= 15 is 0 Å². The van der Waals surface area contributed by atoms with Crippen LogP contribution in [-0.4, -0.2) is 30.1 Å². The molecule has 0 saturated carbocycles. The summed E-state index contributed by atoms with van der Waals surface area (Å²) in [5, 5.41) is 4.98. The van der Waals surface area contributed by atoms with Crippen LogP contribution in [0.5, 0.6) is 5.75 Å². The third kappa shape index (κ3) is 6.30. The highest BCUT2D eigenvalue weighted by Crippen LogP contribution is 2.27. The normalized spacial score (nSPS) is 10.5. The van der Waals surface area contributed by atoms with Crippen molar-refractivity contribution in [2.45, 2.75) is 13.8 Å². The monoisotopic (exact) mass is 472 g/mol. The molecule has 0 bridgehead atoms. The lowest BCUT2D eigenvalue weighted by Crippen LogP contribution is -2.23. The van der Waals surface area contributed by atoms with E-state index in [1.807, 2.05) is 79.9 Å². The first kappa shape index (κ1) is 23.2. The number of carbonyl (C=O) groups excluding carboxylic acids is 2. The molecule has 7 heteroatoms. The molecule has 0 aliphatic rings. The van der Waals surface area contributed by atoms with Gasteiger partial charge in [0.1, 0.15) is 5.75 Å². The molecule has 0 aliphatic heterocycles. The Hall–Kier alpha value is -3.97. The summed E-state index contributed by atoms with van der Waals surface area (Å²) < 4.78 is 10.5. The van der Waals surface area contributed by atoms with Gasteiger partial charge in [-0.1, -0.05) is 60.7 Å². The third-order valence-electron chi connectivity index (χ3n) is 4.95. The van der Waals surface area contributed by atoms with Crippen LogP contribution < -0.4 is 10.1 Å². The van der Waals surface area contributed by atoms with Crippen LogP contribution in [0.15, 0.2) is 78.2 Å². The summed E-state index contributed by atoms with van der Waals surface area (Å²) >= 11 is 1.31. The minimum Gasteiger partial charge on any atom is -0.482 e. The number of aromatic nitrogens is 1. The SMILES string of the molecule is Cc1cc(C)cc(OCC(=O)OCC(=O)Nc2nc(-c3ccc(-c4ccccc4)cc3)cs2)c1. The Balaban J connectivity index is 1.26. The molecule has 0 radical (unpaired) electrons. The van der Waals surface area contributed by atoms with Crippen LogP contribution in [0.25, 0.3) is 22.4 Å². The van der Waals surface area contributed by atoms with Crippen molar-refractivity contribution in [3.05, 3.63) is 89.3 Å². The van der Waals surface area contributed by atoms with Crippen molar-refractivity contribution in [2.75, 3.05) is 18.5 Å². The quantitative estimate of drug-likeness (QED) is 0.335. The number of hydrogen-bond donors (Lipinski definition) is 1. The second-order valence-electron chi connectivity index (χ2n) is 7.80. The number of rotatable bonds is 8. The van der Waals surface area contributed by atoms with Gasteiger partial charge in [0.05, 0.1) is 5.69 Å². The molecule has 172 valence electrons. The first-order chi connectivity index (χ1) is 16.5. The van der Waals surface area contributed by atoms with E-state index in [1.165, 1.54) is 11.3 Å². The van der Waals surface area contributed by atoms with Crippen molar-refractivity contribution in [3.8, 4) is 28.1 Å². The standard InChI is InChI=1S/C27H24N2O4S/c1-18-12-19(2)14-23(13-18)32-16-26(31)33-15-25(30)29-27-28-24(17-34-27)22-10-8-21(9-11-22)20-6-4-3-5-7-20/h3-14,17H,15-16H2,1-2H3,(H,28,29,30). The number of anilines is 1. The number of benzene rings is 3. The predicted molar refractivity (Wildman–Crippen MR) is 134 cm³/mol. The summed E-state index contributed by atoms with van der Waals surface area (Å²) in [5.74, 6) is -0.487. The van der Waals surface area contributed by atoms with Gasteiger partial charge in [0.25, 0.3) is 5.91 Å². The maximum Gasteiger partial charge on any atom is 0.344 e. The van der Waals surface area contributed by atoms with E-state index in [9.17, 15) is 9.59 Å². The molecule has 34 heavy (non-hydrogen) atoms. The molecule has 3 aromatic carbocycles.